The molecule has 15 heavy (non-hydrogen) atoms. The van der Waals surface area contributed by atoms with Crippen LogP contribution in [-0.4, -0.2) is 24.5 Å². The molecule has 6 heteroatoms. The van der Waals surface area contributed by atoms with Gasteiger partial charge in [-0.1, -0.05) is 0 Å². The molecule has 0 radical (unpaired) electrons. The summed E-state index contributed by atoms with van der Waals surface area (Å²) < 4.78 is 30.6. The van der Waals surface area contributed by atoms with E-state index < -0.39 is 26.6 Å². The van der Waals surface area contributed by atoms with Crippen molar-refractivity contribution in [2.45, 2.75) is 20.8 Å². The molecule has 0 bridgehead atoms. The van der Waals surface area contributed by atoms with Crippen molar-refractivity contribution in [2.75, 3.05) is 0 Å². The third-order valence-corrected chi connectivity index (χ3v) is 3.40. The van der Waals surface area contributed by atoms with E-state index in [0.717, 1.165) is 0 Å². The summed E-state index contributed by atoms with van der Waals surface area (Å²) in [6.07, 6.45) is 0. The van der Waals surface area contributed by atoms with Gasteiger partial charge in [-0.3, -0.25) is 14.1 Å². The predicted octanol–water partition coefficient (Wildman–Crippen LogP) is 0.636. The molecular weight excluding hydrogens is 220 g/mol. The van der Waals surface area contributed by atoms with E-state index in [1.807, 2.05) is 0 Å². The number of rotatable bonds is 1. The number of Topliss-reactive ketones (excluding diaryl/α,β-unsaturated/α-hetero) is 2. The first kappa shape index (κ1) is 11.8. The Morgan fingerprint density at radius 3 is 1.67 bits per heavy atom. The van der Waals surface area contributed by atoms with E-state index in [1.54, 1.807) is 0 Å². The maximum atomic E-state index is 11.5. The first-order chi connectivity index (χ1) is 6.68. The molecule has 1 rings (SSSR count). The van der Waals surface area contributed by atoms with E-state index in [0.29, 0.717) is 0 Å². The molecule has 0 aliphatic heterocycles. The van der Waals surface area contributed by atoms with Gasteiger partial charge in [-0.25, -0.2) is 0 Å². The third kappa shape index (κ3) is 1.78. The van der Waals surface area contributed by atoms with Crippen LogP contribution in [0.3, 0.4) is 0 Å². The maximum Gasteiger partial charge on any atom is 0.298 e. The standard InChI is InChI=1S/C9H10O5S/c1-4-5(2)8(11)9(15(12,13)14)6(3)7(4)10/h1-3H3,(H,12,13,14). The van der Waals surface area contributed by atoms with E-state index in [9.17, 15) is 18.0 Å². The molecule has 0 heterocycles. The number of carbonyl (C=O) groups is 2. The van der Waals surface area contributed by atoms with E-state index in [1.165, 1.54) is 20.8 Å². The number of carbonyl (C=O) groups excluding carboxylic acids is 2. The van der Waals surface area contributed by atoms with Crippen LogP contribution in [0.15, 0.2) is 21.6 Å². The summed E-state index contributed by atoms with van der Waals surface area (Å²) in [5, 5.41) is 0. The summed E-state index contributed by atoms with van der Waals surface area (Å²) in [4.78, 5) is 22.2. The van der Waals surface area contributed by atoms with Crippen molar-refractivity contribution in [3.63, 3.8) is 0 Å². The lowest BCUT2D eigenvalue weighted by Gasteiger charge is -2.15. The van der Waals surface area contributed by atoms with E-state index in [2.05, 4.69) is 0 Å². The second kappa shape index (κ2) is 3.39. The summed E-state index contributed by atoms with van der Waals surface area (Å²) in [5.41, 5.74) is 0.0359. The van der Waals surface area contributed by atoms with Crippen LogP contribution >= 0.6 is 0 Å². The van der Waals surface area contributed by atoms with Gasteiger partial charge in [-0.15, -0.1) is 0 Å². The maximum absolute atomic E-state index is 11.5. The van der Waals surface area contributed by atoms with Crippen molar-refractivity contribution >= 4 is 21.7 Å². The molecule has 5 nitrogen and oxygen atoms in total. The smallest absolute Gasteiger partial charge is 0.289 e. The van der Waals surface area contributed by atoms with Crippen LogP contribution in [0.1, 0.15) is 20.8 Å². The summed E-state index contributed by atoms with van der Waals surface area (Å²) in [5.74, 6) is -1.34. The van der Waals surface area contributed by atoms with Crippen molar-refractivity contribution in [3.8, 4) is 0 Å². The summed E-state index contributed by atoms with van der Waals surface area (Å²) >= 11 is 0. The van der Waals surface area contributed by atoms with Gasteiger partial charge in [-0.2, -0.15) is 8.42 Å². The van der Waals surface area contributed by atoms with E-state index >= 15 is 0 Å². The summed E-state index contributed by atoms with van der Waals surface area (Å²) in [7, 11) is -4.64. The Bertz CT molecular complexity index is 519. The minimum atomic E-state index is -4.64. The van der Waals surface area contributed by atoms with Gasteiger partial charge < -0.3 is 0 Å². The van der Waals surface area contributed by atoms with Crippen LogP contribution in [0.2, 0.25) is 0 Å². The van der Waals surface area contributed by atoms with Gasteiger partial charge in [0.1, 0.15) is 4.91 Å². The summed E-state index contributed by atoms with van der Waals surface area (Å²) in [6, 6.07) is 0. The lowest BCUT2D eigenvalue weighted by Crippen LogP contribution is -2.25. The molecule has 0 aromatic carbocycles. The molecule has 0 spiro atoms. The second-order valence-electron chi connectivity index (χ2n) is 3.34. The fraction of sp³-hybridized carbons (Fsp3) is 0.333. The van der Waals surface area contributed by atoms with Gasteiger partial charge in [0, 0.05) is 16.7 Å². The zero-order valence-electron chi connectivity index (χ0n) is 8.49. The third-order valence-electron chi connectivity index (χ3n) is 2.39. The molecule has 0 aromatic rings. The summed E-state index contributed by atoms with van der Waals surface area (Å²) in [6.45, 7) is 4.01. The molecule has 0 saturated heterocycles. The number of hydrogen-bond donors (Lipinski definition) is 1. The molecule has 0 aromatic heterocycles. The topological polar surface area (TPSA) is 88.5 Å². The Balaban J connectivity index is 3.57. The van der Waals surface area contributed by atoms with Crippen molar-refractivity contribution < 1.29 is 22.6 Å². The minimum Gasteiger partial charge on any atom is -0.289 e. The Hall–Kier alpha value is -1.27. The molecule has 0 saturated carbocycles. The van der Waals surface area contributed by atoms with Gasteiger partial charge in [-0.05, 0) is 20.8 Å². The monoisotopic (exact) mass is 230 g/mol. The number of allylic oxidation sites excluding steroid dienone is 4. The first-order valence-electron chi connectivity index (χ1n) is 4.13. The van der Waals surface area contributed by atoms with Crippen LogP contribution in [-0.2, 0) is 19.7 Å². The zero-order chi connectivity index (χ0) is 12.0. The van der Waals surface area contributed by atoms with E-state index in [4.69, 9.17) is 4.55 Å². The van der Waals surface area contributed by atoms with Crippen molar-refractivity contribution in [1.82, 2.24) is 0 Å². The zero-order valence-corrected chi connectivity index (χ0v) is 9.30. The normalized spacial score (nSPS) is 18.9. The van der Waals surface area contributed by atoms with Gasteiger partial charge >= 0.3 is 0 Å². The molecule has 1 aliphatic carbocycles. The molecule has 0 fully saturated rings. The lowest BCUT2D eigenvalue weighted by atomic mass is 9.92. The number of hydrogen-bond acceptors (Lipinski definition) is 4. The quantitative estimate of drug-likeness (QED) is 0.527. The Labute approximate surface area is 87.2 Å². The molecule has 1 aliphatic rings. The Morgan fingerprint density at radius 1 is 0.867 bits per heavy atom. The van der Waals surface area contributed by atoms with Crippen molar-refractivity contribution in [3.05, 3.63) is 21.6 Å². The highest BCUT2D eigenvalue weighted by Crippen LogP contribution is 2.26. The highest BCUT2D eigenvalue weighted by Gasteiger charge is 2.34. The van der Waals surface area contributed by atoms with Crippen LogP contribution in [0.25, 0.3) is 0 Å². The Morgan fingerprint density at radius 2 is 1.27 bits per heavy atom. The molecule has 0 unspecified atom stereocenters. The average Bonchev–Trinajstić information content (AvgIpc) is 2.09. The highest BCUT2D eigenvalue weighted by atomic mass is 32.2. The molecule has 0 atom stereocenters. The van der Waals surface area contributed by atoms with Crippen molar-refractivity contribution in [1.29, 1.82) is 0 Å². The fourth-order valence-electron chi connectivity index (χ4n) is 1.38. The molecule has 1 N–H and O–H groups in total. The van der Waals surface area contributed by atoms with Crippen LogP contribution in [0.4, 0.5) is 0 Å². The van der Waals surface area contributed by atoms with Crippen LogP contribution < -0.4 is 0 Å². The molecular formula is C9H10O5S. The van der Waals surface area contributed by atoms with Crippen LogP contribution in [0.5, 0.6) is 0 Å². The van der Waals surface area contributed by atoms with Crippen molar-refractivity contribution in [2.24, 2.45) is 0 Å². The highest BCUT2D eigenvalue weighted by molar-refractivity contribution is 7.91. The van der Waals surface area contributed by atoms with Gasteiger partial charge in [0.2, 0.25) is 5.78 Å². The molecule has 0 amide bonds. The van der Waals surface area contributed by atoms with Crippen LogP contribution in [0, 0.1) is 0 Å². The number of ketones is 2. The Kier molecular flexibility index (Phi) is 2.67. The first-order valence-corrected chi connectivity index (χ1v) is 5.57. The fourth-order valence-corrected chi connectivity index (χ4v) is 2.24. The van der Waals surface area contributed by atoms with Gasteiger partial charge in [0.25, 0.3) is 10.1 Å². The van der Waals surface area contributed by atoms with Gasteiger partial charge in [0.05, 0.1) is 0 Å². The minimum absolute atomic E-state index is 0.0539. The average molecular weight is 230 g/mol. The molecule has 82 valence electrons. The lowest BCUT2D eigenvalue weighted by molar-refractivity contribution is -0.116. The second-order valence-corrected chi connectivity index (χ2v) is 4.70. The predicted molar refractivity (Wildman–Crippen MR) is 52.6 cm³/mol. The van der Waals surface area contributed by atoms with E-state index in [-0.39, 0.29) is 16.7 Å². The van der Waals surface area contributed by atoms with Gasteiger partial charge in [0.15, 0.2) is 5.78 Å². The SMILES string of the molecule is CC1=C(C)C(=O)C(S(=O)(=O)O)=C(C)C1=O. The largest absolute Gasteiger partial charge is 0.298 e.